The molecule has 2 heterocycles. The second kappa shape index (κ2) is 9.74. The van der Waals surface area contributed by atoms with Crippen molar-refractivity contribution in [3.05, 3.63) is 62.2 Å². The minimum absolute atomic E-state index is 0.0598. The highest BCUT2D eigenvalue weighted by Gasteiger charge is 2.35. The Hall–Kier alpha value is -3.86. The van der Waals surface area contributed by atoms with Crippen LogP contribution in [0.1, 0.15) is 42.1 Å². The van der Waals surface area contributed by atoms with Crippen LogP contribution >= 0.6 is 11.6 Å². The van der Waals surface area contributed by atoms with Crippen molar-refractivity contribution in [2.75, 3.05) is 7.11 Å². The van der Waals surface area contributed by atoms with Crippen LogP contribution in [0, 0.1) is 10.1 Å². The topological polar surface area (TPSA) is 141 Å². The van der Waals surface area contributed by atoms with Crippen molar-refractivity contribution in [3.63, 3.8) is 0 Å². The van der Waals surface area contributed by atoms with Crippen LogP contribution in [-0.4, -0.2) is 40.9 Å². The number of imide groups is 1. The molecule has 1 aromatic heterocycles. The lowest BCUT2D eigenvalue weighted by atomic mass is 10.1. The SMILES string of the molecule is CC[C@@H](C)Oc1c(/C=C2\NC(=O)N(Cc3ccc(C(=O)OC)o3)C2=O)cc(Cl)cc1[N+](=O)[O-]. The number of nitro benzene ring substituents is 1. The molecular formula is C21H20ClN3O8. The third-order valence-corrected chi connectivity index (χ3v) is 5.00. The highest BCUT2D eigenvalue weighted by atomic mass is 35.5. The van der Waals surface area contributed by atoms with E-state index in [1.807, 2.05) is 6.92 Å². The van der Waals surface area contributed by atoms with Gasteiger partial charge in [-0.3, -0.25) is 19.8 Å². The number of hydrogen-bond donors (Lipinski definition) is 1. The molecule has 174 valence electrons. The molecule has 33 heavy (non-hydrogen) atoms. The summed E-state index contributed by atoms with van der Waals surface area (Å²) in [4.78, 5) is 48.5. The predicted octanol–water partition coefficient (Wildman–Crippen LogP) is 3.90. The van der Waals surface area contributed by atoms with Crippen molar-refractivity contribution in [3.8, 4) is 5.75 Å². The van der Waals surface area contributed by atoms with Gasteiger partial charge in [-0.25, -0.2) is 9.59 Å². The molecule has 0 aliphatic carbocycles. The van der Waals surface area contributed by atoms with Gasteiger partial charge in [0, 0.05) is 16.7 Å². The average molecular weight is 478 g/mol. The highest BCUT2D eigenvalue weighted by Crippen LogP contribution is 2.37. The molecule has 0 radical (unpaired) electrons. The van der Waals surface area contributed by atoms with Crippen molar-refractivity contribution in [1.82, 2.24) is 10.2 Å². The van der Waals surface area contributed by atoms with E-state index in [0.29, 0.717) is 6.42 Å². The van der Waals surface area contributed by atoms with Gasteiger partial charge in [0.1, 0.15) is 11.5 Å². The molecule has 2 aromatic rings. The zero-order chi connectivity index (χ0) is 24.3. The lowest BCUT2D eigenvalue weighted by Gasteiger charge is -2.15. The summed E-state index contributed by atoms with van der Waals surface area (Å²) in [5.74, 6) is -1.36. The Morgan fingerprint density at radius 3 is 2.73 bits per heavy atom. The van der Waals surface area contributed by atoms with Gasteiger partial charge < -0.3 is 19.2 Å². The van der Waals surface area contributed by atoms with E-state index in [1.165, 1.54) is 31.4 Å². The van der Waals surface area contributed by atoms with Gasteiger partial charge in [-0.1, -0.05) is 18.5 Å². The van der Waals surface area contributed by atoms with Crippen LogP contribution in [0.5, 0.6) is 5.75 Å². The van der Waals surface area contributed by atoms with Gasteiger partial charge in [0.25, 0.3) is 5.91 Å². The molecule has 0 bridgehead atoms. The van der Waals surface area contributed by atoms with E-state index in [2.05, 4.69) is 10.1 Å². The van der Waals surface area contributed by atoms with E-state index in [0.717, 1.165) is 11.0 Å². The van der Waals surface area contributed by atoms with Crippen molar-refractivity contribution >= 4 is 41.3 Å². The molecule has 3 rings (SSSR count). The number of esters is 1. The maximum atomic E-state index is 12.8. The van der Waals surface area contributed by atoms with E-state index in [9.17, 15) is 24.5 Å². The lowest BCUT2D eigenvalue weighted by molar-refractivity contribution is -0.386. The molecular weight excluding hydrogens is 458 g/mol. The Bertz CT molecular complexity index is 1160. The summed E-state index contributed by atoms with van der Waals surface area (Å²) in [6, 6.07) is 4.62. The molecule has 1 aliphatic heterocycles. The molecule has 11 nitrogen and oxygen atoms in total. The number of nitrogens with zero attached hydrogens (tertiary/aromatic N) is 2. The van der Waals surface area contributed by atoms with Crippen LogP contribution in [0.3, 0.4) is 0 Å². The zero-order valence-corrected chi connectivity index (χ0v) is 18.7. The number of carbonyl (C=O) groups is 3. The predicted molar refractivity (Wildman–Crippen MR) is 116 cm³/mol. The number of nitro groups is 1. The average Bonchev–Trinajstić information content (AvgIpc) is 3.35. The summed E-state index contributed by atoms with van der Waals surface area (Å²) in [5, 5.41) is 14.0. The zero-order valence-electron chi connectivity index (χ0n) is 17.9. The Labute approximate surface area is 193 Å². The second-order valence-electron chi connectivity index (χ2n) is 7.07. The van der Waals surface area contributed by atoms with Crippen molar-refractivity contribution in [2.45, 2.75) is 32.9 Å². The van der Waals surface area contributed by atoms with Gasteiger partial charge in [-0.2, -0.15) is 0 Å². The molecule has 12 heteroatoms. The first kappa shape index (κ1) is 23.8. The number of nitrogens with one attached hydrogen (secondary N) is 1. The first-order chi connectivity index (χ1) is 15.6. The van der Waals surface area contributed by atoms with Crippen molar-refractivity contribution in [2.24, 2.45) is 0 Å². The number of hydrogen-bond acceptors (Lipinski definition) is 8. The standard InChI is InChI=1S/C21H20ClN3O8/c1-4-11(2)32-18-12(7-13(22)9-16(18)25(29)30)8-15-19(26)24(21(28)23-15)10-14-5-6-17(33-14)20(27)31-3/h5-9,11H,4,10H2,1-3H3,(H,23,28)/b15-8-/t11-/m1/s1. The maximum absolute atomic E-state index is 12.8. The van der Waals surface area contributed by atoms with Crippen LogP contribution in [0.2, 0.25) is 5.02 Å². The Morgan fingerprint density at radius 1 is 1.36 bits per heavy atom. The van der Waals surface area contributed by atoms with Gasteiger partial charge in [0.2, 0.25) is 11.5 Å². The van der Waals surface area contributed by atoms with Crippen LogP contribution in [0.4, 0.5) is 10.5 Å². The third kappa shape index (κ3) is 5.14. The van der Waals surface area contributed by atoms with Gasteiger partial charge in [0.05, 0.1) is 24.7 Å². The fraction of sp³-hybridized carbons (Fsp3) is 0.286. The number of carbonyl (C=O) groups excluding carboxylic acids is 3. The monoisotopic (exact) mass is 477 g/mol. The van der Waals surface area contributed by atoms with Gasteiger partial charge in [-0.05, 0) is 37.6 Å². The van der Waals surface area contributed by atoms with E-state index >= 15 is 0 Å². The summed E-state index contributed by atoms with van der Waals surface area (Å²) >= 11 is 6.04. The molecule has 1 saturated heterocycles. The maximum Gasteiger partial charge on any atom is 0.373 e. The second-order valence-corrected chi connectivity index (χ2v) is 7.51. The molecule has 1 atom stereocenters. The van der Waals surface area contributed by atoms with E-state index in [4.69, 9.17) is 20.8 Å². The van der Waals surface area contributed by atoms with Crippen LogP contribution in [0.15, 0.2) is 34.4 Å². The number of urea groups is 1. The molecule has 1 N–H and O–H groups in total. The number of rotatable bonds is 8. The van der Waals surface area contributed by atoms with E-state index in [-0.39, 0.29) is 51.9 Å². The van der Waals surface area contributed by atoms with Gasteiger partial charge >= 0.3 is 17.7 Å². The van der Waals surface area contributed by atoms with Crippen LogP contribution in [-0.2, 0) is 16.1 Å². The minimum Gasteiger partial charge on any atom is -0.483 e. The summed E-state index contributed by atoms with van der Waals surface area (Å²) < 4.78 is 15.6. The fourth-order valence-corrected chi connectivity index (χ4v) is 3.18. The van der Waals surface area contributed by atoms with Crippen molar-refractivity contribution < 1.29 is 33.2 Å². The number of benzene rings is 1. The van der Waals surface area contributed by atoms with Crippen LogP contribution < -0.4 is 10.1 Å². The number of halogens is 1. The smallest absolute Gasteiger partial charge is 0.373 e. The molecule has 1 aliphatic rings. The van der Waals surface area contributed by atoms with E-state index in [1.54, 1.807) is 6.92 Å². The normalized spacial score (nSPS) is 15.5. The largest absolute Gasteiger partial charge is 0.483 e. The number of furan rings is 1. The molecule has 0 saturated carbocycles. The summed E-state index contributed by atoms with van der Waals surface area (Å²) in [5.41, 5.74) is -0.342. The van der Waals surface area contributed by atoms with Gasteiger partial charge in [-0.15, -0.1) is 0 Å². The number of methoxy groups -OCH3 is 1. The molecule has 1 fully saturated rings. The number of ether oxygens (including phenoxy) is 2. The van der Waals surface area contributed by atoms with E-state index < -0.39 is 22.8 Å². The third-order valence-electron chi connectivity index (χ3n) is 4.78. The van der Waals surface area contributed by atoms with Gasteiger partial charge in [0.15, 0.2) is 0 Å². The molecule has 1 aromatic carbocycles. The Balaban J connectivity index is 1.93. The quantitative estimate of drug-likeness (QED) is 0.198. The fourth-order valence-electron chi connectivity index (χ4n) is 2.96. The molecule has 0 unspecified atom stereocenters. The van der Waals surface area contributed by atoms with Crippen molar-refractivity contribution in [1.29, 1.82) is 0 Å². The molecule has 0 spiro atoms. The molecule has 3 amide bonds. The summed E-state index contributed by atoms with van der Waals surface area (Å²) in [7, 11) is 1.19. The lowest BCUT2D eigenvalue weighted by Crippen LogP contribution is -2.30. The number of amides is 3. The summed E-state index contributed by atoms with van der Waals surface area (Å²) in [6.07, 6.45) is 1.49. The van der Waals surface area contributed by atoms with Crippen LogP contribution in [0.25, 0.3) is 6.08 Å². The highest BCUT2D eigenvalue weighted by molar-refractivity contribution is 6.31. The minimum atomic E-state index is -0.733. The Kier molecular flexibility index (Phi) is 7.02. The first-order valence-corrected chi connectivity index (χ1v) is 10.2. The Morgan fingerprint density at radius 2 is 2.09 bits per heavy atom. The first-order valence-electron chi connectivity index (χ1n) is 9.80. The summed E-state index contributed by atoms with van der Waals surface area (Å²) in [6.45, 7) is 3.35.